The topological polar surface area (TPSA) is 63.7 Å². The lowest BCUT2D eigenvalue weighted by Crippen LogP contribution is -2.35. The number of amides is 2. The number of carbonyl (C=O) groups excluding carboxylic acids is 3. The fourth-order valence-corrected chi connectivity index (χ4v) is 2.84. The van der Waals surface area contributed by atoms with Crippen molar-refractivity contribution < 1.29 is 19.2 Å². The van der Waals surface area contributed by atoms with Crippen molar-refractivity contribution in [2.24, 2.45) is 11.8 Å². The van der Waals surface area contributed by atoms with E-state index in [1.165, 1.54) is 19.3 Å². The van der Waals surface area contributed by atoms with Crippen LogP contribution in [0.1, 0.15) is 85.0 Å². The third-order valence-corrected chi connectivity index (χ3v) is 4.41. The van der Waals surface area contributed by atoms with E-state index >= 15 is 0 Å². The molecule has 1 saturated heterocycles. The molecule has 23 heavy (non-hydrogen) atoms. The molecular formula is C18H31NO4. The van der Waals surface area contributed by atoms with Gasteiger partial charge in [-0.2, -0.15) is 0 Å². The van der Waals surface area contributed by atoms with Crippen molar-refractivity contribution in [3.63, 3.8) is 0 Å². The van der Waals surface area contributed by atoms with Gasteiger partial charge in [-0.1, -0.05) is 65.7 Å². The Kier molecular flexibility index (Phi) is 8.89. The average Bonchev–Trinajstić information content (AvgIpc) is 2.76. The van der Waals surface area contributed by atoms with Gasteiger partial charge in [0, 0.05) is 12.3 Å². The smallest absolute Gasteiger partial charge is 0.330 e. The van der Waals surface area contributed by atoms with Crippen LogP contribution in [-0.4, -0.2) is 22.8 Å². The van der Waals surface area contributed by atoms with Crippen molar-refractivity contribution in [1.82, 2.24) is 5.06 Å². The number of carbonyl (C=O) groups is 3. The van der Waals surface area contributed by atoms with Crippen LogP contribution in [0.15, 0.2) is 0 Å². The van der Waals surface area contributed by atoms with Crippen LogP contribution in [0.25, 0.3) is 0 Å². The highest BCUT2D eigenvalue weighted by atomic mass is 16.7. The quantitative estimate of drug-likeness (QED) is 0.425. The lowest BCUT2D eigenvalue weighted by molar-refractivity contribution is -0.201. The fourth-order valence-electron chi connectivity index (χ4n) is 2.84. The third kappa shape index (κ3) is 6.32. The van der Waals surface area contributed by atoms with E-state index in [4.69, 9.17) is 4.84 Å². The monoisotopic (exact) mass is 325 g/mol. The molecule has 0 aromatic rings. The molecule has 1 rings (SSSR count). The van der Waals surface area contributed by atoms with Crippen molar-refractivity contribution in [2.45, 2.75) is 85.0 Å². The molecule has 1 heterocycles. The molecule has 0 saturated carbocycles. The summed E-state index contributed by atoms with van der Waals surface area (Å²) in [5.41, 5.74) is 0. The third-order valence-electron chi connectivity index (χ3n) is 4.41. The first kappa shape index (κ1) is 19.7. The number of unbranched alkanes of at least 4 members (excludes halogenated alkanes) is 5. The minimum atomic E-state index is -0.426. The molecule has 1 aliphatic rings. The van der Waals surface area contributed by atoms with Gasteiger partial charge in [0.1, 0.15) is 0 Å². The summed E-state index contributed by atoms with van der Waals surface area (Å²) in [6.45, 7) is 5.93. The van der Waals surface area contributed by atoms with E-state index < -0.39 is 23.7 Å². The molecule has 2 atom stereocenters. The summed E-state index contributed by atoms with van der Waals surface area (Å²) in [5.74, 6) is -1.84. The summed E-state index contributed by atoms with van der Waals surface area (Å²) < 4.78 is 0. The maximum Gasteiger partial charge on any atom is 0.336 e. The molecule has 2 amide bonds. The summed E-state index contributed by atoms with van der Waals surface area (Å²) in [4.78, 5) is 41.1. The maximum atomic E-state index is 12.4. The highest BCUT2D eigenvalue weighted by Gasteiger charge is 2.39. The van der Waals surface area contributed by atoms with Crippen LogP contribution in [-0.2, 0) is 19.2 Å². The molecule has 5 heteroatoms. The Morgan fingerprint density at radius 2 is 1.70 bits per heavy atom. The lowest BCUT2D eigenvalue weighted by atomic mass is 9.95. The molecule has 0 spiro atoms. The van der Waals surface area contributed by atoms with Gasteiger partial charge in [0.05, 0.1) is 5.92 Å². The number of hydroxylamine groups is 2. The molecule has 1 fully saturated rings. The molecule has 0 radical (unpaired) electrons. The Morgan fingerprint density at radius 1 is 1.09 bits per heavy atom. The zero-order valence-corrected chi connectivity index (χ0v) is 14.8. The predicted octanol–water partition coefficient (Wildman–Crippen LogP) is 4.01. The van der Waals surface area contributed by atoms with Crippen LogP contribution in [0.5, 0.6) is 0 Å². The van der Waals surface area contributed by atoms with Crippen LogP contribution >= 0.6 is 0 Å². The normalized spacial score (nSPS) is 19.3. The first-order valence-corrected chi connectivity index (χ1v) is 9.09. The fraction of sp³-hybridized carbons (Fsp3) is 0.833. The SMILES string of the molecule is CCCCCCCC(CCCC)C(=O)ON1C(=O)CC(C)C1=O. The largest absolute Gasteiger partial charge is 0.336 e. The van der Waals surface area contributed by atoms with Gasteiger partial charge in [-0.15, -0.1) is 5.06 Å². The van der Waals surface area contributed by atoms with Gasteiger partial charge in [-0.05, 0) is 12.8 Å². The second kappa shape index (κ2) is 10.4. The summed E-state index contributed by atoms with van der Waals surface area (Å²) in [5, 5.41) is 0.684. The Hall–Kier alpha value is -1.39. The first-order chi connectivity index (χ1) is 11.0. The zero-order chi connectivity index (χ0) is 17.2. The summed E-state index contributed by atoms with van der Waals surface area (Å²) in [6.07, 6.45) is 9.32. The minimum Gasteiger partial charge on any atom is -0.330 e. The summed E-state index contributed by atoms with van der Waals surface area (Å²) in [6, 6.07) is 0. The van der Waals surface area contributed by atoms with E-state index in [0.29, 0.717) is 5.06 Å². The molecule has 132 valence electrons. The van der Waals surface area contributed by atoms with Crippen molar-refractivity contribution in [3.05, 3.63) is 0 Å². The van der Waals surface area contributed by atoms with Gasteiger partial charge in [-0.25, -0.2) is 4.79 Å². The number of hydrogen-bond acceptors (Lipinski definition) is 4. The number of nitrogens with zero attached hydrogens (tertiary/aromatic N) is 1. The molecule has 2 unspecified atom stereocenters. The second-order valence-electron chi connectivity index (χ2n) is 6.58. The number of imide groups is 1. The highest BCUT2D eigenvalue weighted by Crippen LogP contribution is 2.23. The van der Waals surface area contributed by atoms with Crippen molar-refractivity contribution in [3.8, 4) is 0 Å². The average molecular weight is 325 g/mol. The molecule has 1 aliphatic heterocycles. The van der Waals surface area contributed by atoms with Crippen LogP contribution in [0.3, 0.4) is 0 Å². The molecular weight excluding hydrogens is 294 g/mol. The van der Waals surface area contributed by atoms with Crippen molar-refractivity contribution in [2.75, 3.05) is 0 Å². The van der Waals surface area contributed by atoms with Gasteiger partial charge in [0.25, 0.3) is 11.8 Å². The van der Waals surface area contributed by atoms with E-state index in [1.54, 1.807) is 6.92 Å². The van der Waals surface area contributed by atoms with Gasteiger partial charge < -0.3 is 4.84 Å². The van der Waals surface area contributed by atoms with Crippen LogP contribution < -0.4 is 0 Å². The Labute approximate surface area is 139 Å². The highest BCUT2D eigenvalue weighted by molar-refractivity contribution is 6.03. The minimum absolute atomic E-state index is 0.128. The van der Waals surface area contributed by atoms with E-state index in [0.717, 1.165) is 38.5 Å². The number of rotatable bonds is 11. The van der Waals surface area contributed by atoms with Gasteiger partial charge >= 0.3 is 5.97 Å². The Bertz CT molecular complexity index is 408. The van der Waals surface area contributed by atoms with Crippen molar-refractivity contribution >= 4 is 17.8 Å². The zero-order valence-electron chi connectivity index (χ0n) is 14.8. The second-order valence-corrected chi connectivity index (χ2v) is 6.58. The number of hydrogen-bond donors (Lipinski definition) is 0. The van der Waals surface area contributed by atoms with Crippen LogP contribution in [0.4, 0.5) is 0 Å². The van der Waals surface area contributed by atoms with Gasteiger partial charge in [-0.3, -0.25) is 9.59 Å². The first-order valence-electron chi connectivity index (χ1n) is 9.09. The Morgan fingerprint density at radius 3 is 2.26 bits per heavy atom. The van der Waals surface area contributed by atoms with E-state index in [-0.39, 0.29) is 12.3 Å². The predicted molar refractivity (Wildman–Crippen MR) is 88.1 cm³/mol. The van der Waals surface area contributed by atoms with Gasteiger partial charge in [0.15, 0.2) is 0 Å². The van der Waals surface area contributed by atoms with E-state index in [1.807, 2.05) is 0 Å². The van der Waals surface area contributed by atoms with Crippen LogP contribution in [0, 0.1) is 11.8 Å². The van der Waals surface area contributed by atoms with Gasteiger partial charge in [0.2, 0.25) is 0 Å². The lowest BCUT2D eigenvalue weighted by Gasteiger charge is -2.19. The molecule has 5 nitrogen and oxygen atoms in total. The maximum absolute atomic E-state index is 12.4. The van der Waals surface area contributed by atoms with Crippen LogP contribution in [0.2, 0.25) is 0 Å². The molecule has 0 aromatic carbocycles. The Balaban J connectivity index is 2.50. The standard InChI is InChI=1S/C18H31NO4/c1-4-6-8-9-10-12-15(11-7-5-2)18(22)23-19-16(20)13-14(3)17(19)21/h14-15H,4-13H2,1-3H3. The molecule has 0 N–H and O–H groups in total. The molecule has 0 bridgehead atoms. The summed E-state index contributed by atoms with van der Waals surface area (Å²) >= 11 is 0. The summed E-state index contributed by atoms with van der Waals surface area (Å²) in [7, 11) is 0. The van der Waals surface area contributed by atoms with E-state index in [2.05, 4.69) is 13.8 Å². The van der Waals surface area contributed by atoms with Crippen molar-refractivity contribution in [1.29, 1.82) is 0 Å². The van der Waals surface area contributed by atoms with E-state index in [9.17, 15) is 14.4 Å². The molecule has 0 aliphatic carbocycles. The molecule has 0 aromatic heterocycles.